The van der Waals surface area contributed by atoms with Crippen LogP contribution >= 0.6 is 0 Å². The largest absolute Gasteiger partial charge is 0.457 e. The summed E-state index contributed by atoms with van der Waals surface area (Å²) in [6.07, 6.45) is -0.205. The third-order valence-corrected chi connectivity index (χ3v) is 4.62. The van der Waals surface area contributed by atoms with Crippen molar-refractivity contribution in [2.45, 2.75) is 46.9 Å². The van der Waals surface area contributed by atoms with Gasteiger partial charge in [-0.3, -0.25) is 0 Å². The van der Waals surface area contributed by atoms with E-state index in [9.17, 15) is 0 Å². The van der Waals surface area contributed by atoms with Crippen molar-refractivity contribution in [2.75, 3.05) is 13.2 Å². The molecule has 2 aromatic carbocycles. The molecule has 0 spiro atoms. The van der Waals surface area contributed by atoms with Gasteiger partial charge in [0.25, 0.3) is 0 Å². The molecule has 8 heteroatoms. The predicted octanol–water partition coefficient (Wildman–Crippen LogP) is 4.52. The molecule has 0 aliphatic carbocycles. The van der Waals surface area contributed by atoms with E-state index in [0.29, 0.717) is 37.4 Å². The van der Waals surface area contributed by atoms with Crippen LogP contribution in [0.1, 0.15) is 49.7 Å². The molecular weight excluding hydrogens is 406 g/mol. The summed E-state index contributed by atoms with van der Waals surface area (Å²) >= 11 is 0. The van der Waals surface area contributed by atoms with E-state index in [4.69, 9.17) is 19.0 Å². The molecule has 1 aromatic heterocycles. The van der Waals surface area contributed by atoms with Crippen LogP contribution in [0.3, 0.4) is 0 Å². The van der Waals surface area contributed by atoms with Gasteiger partial charge in [0.05, 0.1) is 13.1 Å². The molecule has 0 saturated carbocycles. The van der Waals surface area contributed by atoms with Gasteiger partial charge in [-0.05, 0) is 51.5 Å². The number of aryl methyl sites for hydroxylation is 1. The maximum absolute atomic E-state index is 6.10. The molecule has 8 nitrogen and oxygen atoms in total. The minimum absolute atomic E-state index is 0.205. The first kappa shape index (κ1) is 23.3. The lowest BCUT2D eigenvalue weighted by molar-refractivity contribution is 0.0683. The Bertz CT molecular complexity index is 1000. The van der Waals surface area contributed by atoms with E-state index in [0.717, 1.165) is 29.2 Å². The Morgan fingerprint density at radius 1 is 1.12 bits per heavy atom. The van der Waals surface area contributed by atoms with E-state index in [1.807, 2.05) is 70.2 Å². The molecule has 1 heterocycles. The predicted molar refractivity (Wildman–Crippen MR) is 124 cm³/mol. The zero-order chi connectivity index (χ0) is 22.8. The first-order valence-corrected chi connectivity index (χ1v) is 10.9. The lowest BCUT2D eigenvalue weighted by Crippen LogP contribution is -2.36. The van der Waals surface area contributed by atoms with Gasteiger partial charge in [0.15, 0.2) is 11.8 Å². The summed E-state index contributed by atoms with van der Waals surface area (Å²) < 4.78 is 16.9. The summed E-state index contributed by atoms with van der Waals surface area (Å²) in [5.74, 6) is 3.24. The zero-order valence-corrected chi connectivity index (χ0v) is 19.1. The third-order valence-electron chi connectivity index (χ3n) is 4.62. The van der Waals surface area contributed by atoms with Crippen LogP contribution < -0.4 is 15.4 Å². The van der Waals surface area contributed by atoms with Crippen molar-refractivity contribution < 1.29 is 14.0 Å². The van der Waals surface area contributed by atoms with Crippen LogP contribution in [0.15, 0.2) is 58.0 Å². The number of nitrogens with zero attached hydrogens (tertiary/aromatic N) is 3. The first-order chi connectivity index (χ1) is 15.6. The number of hydrogen-bond acceptors (Lipinski definition) is 6. The van der Waals surface area contributed by atoms with Crippen LogP contribution in [0, 0.1) is 6.92 Å². The average Bonchev–Trinajstić information content (AvgIpc) is 3.27. The topological polar surface area (TPSA) is 93.8 Å². The molecule has 1 unspecified atom stereocenters. The zero-order valence-electron chi connectivity index (χ0n) is 19.1. The Labute approximate surface area is 189 Å². The fourth-order valence-electron chi connectivity index (χ4n) is 3.00. The maximum atomic E-state index is 6.10. The lowest BCUT2D eigenvalue weighted by atomic mass is 10.1. The highest BCUT2D eigenvalue weighted by atomic mass is 16.5. The lowest BCUT2D eigenvalue weighted by Gasteiger charge is -2.13. The van der Waals surface area contributed by atoms with Gasteiger partial charge < -0.3 is 24.6 Å². The highest BCUT2D eigenvalue weighted by molar-refractivity contribution is 5.79. The Morgan fingerprint density at radius 2 is 1.94 bits per heavy atom. The number of nitrogens with one attached hydrogen (secondary N) is 2. The van der Waals surface area contributed by atoms with Crippen molar-refractivity contribution in [1.82, 2.24) is 20.8 Å². The third kappa shape index (κ3) is 6.81. The second kappa shape index (κ2) is 11.9. The molecule has 0 radical (unpaired) electrons. The average molecular weight is 438 g/mol. The highest BCUT2D eigenvalue weighted by Crippen LogP contribution is 2.27. The van der Waals surface area contributed by atoms with Crippen LogP contribution in [0.4, 0.5) is 0 Å². The van der Waals surface area contributed by atoms with Crippen LogP contribution in [-0.4, -0.2) is 29.3 Å². The van der Waals surface area contributed by atoms with E-state index < -0.39 is 0 Å². The van der Waals surface area contributed by atoms with Crippen molar-refractivity contribution in [2.24, 2.45) is 4.99 Å². The molecular formula is C24H31N5O3. The van der Waals surface area contributed by atoms with Gasteiger partial charge in [0, 0.05) is 18.7 Å². The van der Waals surface area contributed by atoms with E-state index in [-0.39, 0.29) is 6.10 Å². The Hall–Kier alpha value is -3.39. The first-order valence-electron chi connectivity index (χ1n) is 10.9. The van der Waals surface area contributed by atoms with Crippen LogP contribution in [0.2, 0.25) is 0 Å². The number of guanidine groups is 1. The molecule has 32 heavy (non-hydrogen) atoms. The minimum Gasteiger partial charge on any atom is -0.457 e. The molecule has 1 atom stereocenters. The summed E-state index contributed by atoms with van der Waals surface area (Å²) in [4.78, 5) is 9.08. The molecule has 0 amide bonds. The number of hydrogen-bond donors (Lipinski definition) is 2. The Balaban J connectivity index is 1.67. The van der Waals surface area contributed by atoms with Gasteiger partial charge in [-0.15, -0.1) is 0 Å². The van der Waals surface area contributed by atoms with Crippen molar-refractivity contribution >= 4 is 5.96 Å². The second-order valence-electron chi connectivity index (χ2n) is 7.22. The summed E-state index contributed by atoms with van der Waals surface area (Å²) in [7, 11) is 0. The molecule has 0 aliphatic rings. The highest BCUT2D eigenvalue weighted by Gasteiger charge is 2.14. The monoisotopic (exact) mass is 437 g/mol. The quantitative estimate of drug-likeness (QED) is 0.356. The second-order valence-corrected chi connectivity index (χ2v) is 7.22. The van der Waals surface area contributed by atoms with Crippen LogP contribution in [0.5, 0.6) is 11.5 Å². The number of aliphatic imine (C=N–C) groups is 1. The number of benzene rings is 2. The Morgan fingerprint density at radius 3 is 2.69 bits per heavy atom. The molecule has 0 saturated heterocycles. The van der Waals surface area contributed by atoms with E-state index in [1.54, 1.807) is 0 Å². The van der Waals surface area contributed by atoms with Crippen molar-refractivity contribution in [3.05, 3.63) is 71.4 Å². The molecule has 0 bridgehead atoms. The summed E-state index contributed by atoms with van der Waals surface area (Å²) in [6.45, 7) is 10.0. The fourth-order valence-corrected chi connectivity index (χ4v) is 3.00. The van der Waals surface area contributed by atoms with E-state index in [1.165, 1.54) is 0 Å². The van der Waals surface area contributed by atoms with Gasteiger partial charge in [-0.25, -0.2) is 4.99 Å². The van der Waals surface area contributed by atoms with Gasteiger partial charge in [0.1, 0.15) is 17.6 Å². The fraction of sp³-hybridized carbons (Fsp3) is 0.375. The maximum Gasteiger partial charge on any atom is 0.246 e. The minimum atomic E-state index is -0.205. The van der Waals surface area contributed by atoms with Crippen LogP contribution in [0.25, 0.3) is 0 Å². The summed E-state index contributed by atoms with van der Waals surface area (Å²) in [6, 6.07) is 15.9. The molecule has 3 aromatic rings. The number of rotatable bonds is 10. The standard InChI is InChI=1S/C24H31N5O3/c1-5-25-24(27-16-22-28-23(29-32-22)18(4)30-6-2)26-15-19-13-12-17(3)14-21(19)31-20-10-8-7-9-11-20/h7-14,18H,5-6,15-16H2,1-4H3,(H2,25,26,27). The molecule has 0 aliphatic heterocycles. The van der Waals surface area contributed by atoms with Crippen molar-refractivity contribution in [1.29, 1.82) is 0 Å². The summed E-state index contributed by atoms with van der Waals surface area (Å²) in [5, 5.41) is 10.5. The SMILES string of the molecule is CCNC(=NCc1ccc(C)cc1Oc1ccccc1)NCc1nc(C(C)OCC)no1. The smallest absolute Gasteiger partial charge is 0.246 e. The normalized spacial score (nSPS) is 12.4. The number of ether oxygens (including phenoxy) is 2. The van der Waals surface area contributed by atoms with Gasteiger partial charge in [0.2, 0.25) is 5.89 Å². The van der Waals surface area contributed by atoms with Crippen LogP contribution in [-0.2, 0) is 17.8 Å². The van der Waals surface area contributed by atoms with Gasteiger partial charge in [-0.2, -0.15) is 4.98 Å². The Kier molecular flexibility index (Phi) is 8.62. The van der Waals surface area contributed by atoms with Crippen molar-refractivity contribution in [3.8, 4) is 11.5 Å². The number of aromatic nitrogens is 2. The molecule has 2 N–H and O–H groups in total. The molecule has 0 fully saturated rings. The van der Waals surface area contributed by atoms with E-state index >= 15 is 0 Å². The van der Waals surface area contributed by atoms with Gasteiger partial charge >= 0.3 is 0 Å². The number of para-hydroxylation sites is 1. The molecule has 3 rings (SSSR count). The van der Waals surface area contributed by atoms with E-state index in [2.05, 4.69) is 26.8 Å². The van der Waals surface area contributed by atoms with Crippen molar-refractivity contribution in [3.63, 3.8) is 0 Å². The van der Waals surface area contributed by atoms with Gasteiger partial charge in [-0.1, -0.05) is 35.5 Å². The molecule has 170 valence electrons. The summed E-state index contributed by atoms with van der Waals surface area (Å²) in [5.41, 5.74) is 2.12.